The Kier molecular flexibility index (Phi) is 6.94. The summed E-state index contributed by atoms with van der Waals surface area (Å²) in [4.78, 5) is 17.8. The van der Waals surface area contributed by atoms with Crippen LogP contribution in [-0.4, -0.2) is 37.9 Å². The molecule has 0 amide bonds. The molecule has 226 valence electrons. The number of aryl methyl sites for hydroxylation is 2. The first kappa shape index (κ1) is 28.7. The summed E-state index contributed by atoms with van der Waals surface area (Å²) < 4.78 is 14.1. The average Bonchev–Trinajstić information content (AvgIpc) is 3.44. The van der Waals surface area contributed by atoms with Crippen molar-refractivity contribution < 1.29 is 19.4 Å². The summed E-state index contributed by atoms with van der Waals surface area (Å²) in [5.41, 5.74) is 10.1. The van der Waals surface area contributed by atoms with Crippen LogP contribution in [0.15, 0.2) is 85.2 Å². The highest BCUT2D eigenvalue weighted by atomic mass is 16.5. The maximum Gasteiger partial charge on any atom is 0.337 e. The van der Waals surface area contributed by atoms with Gasteiger partial charge in [0, 0.05) is 46.5 Å². The van der Waals surface area contributed by atoms with E-state index in [1.807, 2.05) is 87.1 Å². The number of pyridine rings is 2. The van der Waals surface area contributed by atoms with Crippen LogP contribution in [0.5, 0.6) is 5.75 Å². The van der Waals surface area contributed by atoms with Crippen LogP contribution in [0.3, 0.4) is 0 Å². The molecule has 0 fully saturated rings. The molecule has 0 bridgehead atoms. The van der Waals surface area contributed by atoms with Gasteiger partial charge >= 0.3 is 5.97 Å². The number of hydrogen-bond donors (Lipinski definition) is 1. The van der Waals surface area contributed by atoms with Crippen LogP contribution < -0.4 is 4.74 Å². The predicted octanol–water partition coefficient (Wildman–Crippen LogP) is 8.38. The molecule has 7 rings (SSSR count). The quantitative estimate of drug-likeness (QED) is 0.208. The van der Waals surface area contributed by atoms with Crippen molar-refractivity contribution in [1.82, 2.24) is 14.6 Å². The van der Waals surface area contributed by atoms with Crippen LogP contribution in [0.4, 0.5) is 0 Å². The fourth-order valence-electron chi connectivity index (χ4n) is 6.46. The Morgan fingerprint density at radius 3 is 2.53 bits per heavy atom. The number of carboxylic acids is 1. The Morgan fingerprint density at radius 1 is 0.956 bits per heavy atom. The van der Waals surface area contributed by atoms with Crippen molar-refractivity contribution in [2.24, 2.45) is 0 Å². The molecule has 0 aliphatic carbocycles. The van der Waals surface area contributed by atoms with Gasteiger partial charge in [0.05, 0.1) is 28.9 Å². The zero-order chi connectivity index (χ0) is 31.5. The van der Waals surface area contributed by atoms with Crippen LogP contribution in [-0.2, 0) is 16.0 Å². The van der Waals surface area contributed by atoms with Crippen LogP contribution in [0, 0.1) is 13.8 Å². The number of benzene rings is 3. The third-order valence-electron chi connectivity index (χ3n) is 8.41. The summed E-state index contributed by atoms with van der Waals surface area (Å²) in [6.45, 7) is 10.3. The number of ether oxygens (including phenoxy) is 2. The molecule has 0 spiro atoms. The van der Waals surface area contributed by atoms with Gasteiger partial charge in [-0.05, 0) is 92.8 Å². The minimum Gasteiger partial charge on any atom is -0.493 e. The van der Waals surface area contributed by atoms with E-state index >= 15 is 0 Å². The minimum atomic E-state index is -1.21. The molecule has 4 heterocycles. The molecule has 1 aliphatic heterocycles. The number of hydrogen-bond acceptors (Lipinski definition) is 5. The number of rotatable bonds is 6. The lowest BCUT2D eigenvalue weighted by Crippen LogP contribution is -2.28. The molecule has 45 heavy (non-hydrogen) atoms. The van der Waals surface area contributed by atoms with Gasteiger partial charge in [-0.25, -0.2) is 9.31 Å². The SMILES string of the molecule is Cc1ccccc1-c1cccc(-c2cc3c(-c4ccc5c6c(ccnc46)CCO5)c([C@H](OC(C)(C)C)C(=O)O)c(C)cn3n2)c1. The number of carbonyl (C=O) groups is 1. The van der Waals surface area contributed by atoms with Gasteiger partial charge in [0.15, 0.2) is 6.10 Å². The molecule has 3 aromatic carbocycles. The molecule has 7 nitrogen and oxygen atoms in total. The van der Waals surface area contributed by atoms with Gasteiger partial charge in [0.1, 0.15) is 5.75 Å². The summed E-state index contributed by atoms with van der Waals surface area (Å²) in [7, 11) is 0. The van der Waals surface area contributed by atoms with Crippen molar-refractivity contribution in [2.45, 2.75) is 52.7 Å². The van der Waals surface area contributed by atoms with Crippen molar-refractivity contribution in [1.29, 1.82) is 0 Å². The molecule has 1 aliphatic rings. The molecule has 0 unspecified atom stereocenters. The zero-order valence-electron chi connectivity index (χ0n) is 26.1. The summed E-state index contributed by atoms with van der Waals surface area (Å²) in [6.07, 6.45) is 3.29. The molecule has 0 saturated heterocycles. The Labute approximate surface area is 262 Å². The summed E-state index contributed by atoms with van der Waals surface area (Å²) in [6, 6.07) is 24.7. The number of aromatic nitrogens is 3. The van der Waals surface area contributed by atoms with E-state index in [-0.39, 0.29) is 0 Å². The molecule has 7 heteroatoms. The lowest BCUT2D eigenvalue weighted by molar-refractivity contribution is -0.160. The first-order valence-corrected chi connectivity index (χ1v) is 15.2. The van der Waals surface area contributed by atoms with Crippen molar-refractivity contribution in [2.75, 3.05) is 6.61 Å². The maximum absolute atomic E-state index is 12.9. The van der Waals surface area contributed by atoms with E-state index in [1.165, 1.54) is 11.1 Å². The second kappa shape index (κ2) is 10.9. The second-order valence-electron chi connectivity index (χ2n) is 12.7. The lowest BCUT2D eigenvalue weighted by Gasteiger charge is -2.28. The van der Waals surface area contributed by atoms with Gasteiger partial charge in [-0.3, -0.25) is 4.98 Å². The Morgan fingerprint density at radius 2 is 1.76 bits per heavy atom. The topological polar surface area (TPSA) is 86.0 Å². The molecule has 3 aromatic heterocycles. The predicted molar refractivity (Wildman–Crippen MR) is 177 cm³/mol. The van der Waals surface area contributed by atoms with Crippen molar-refractivity contribution in [3.8, 4) is 39.3 Å². The number of fused-ring (bicyclic) bond motifs is 1. The van der Waals surface area contributed by atoms with E-state index in [4.69, 9.17) is 19.6 Å². The van der Waals surface area contributed by atoms with E-state index in [9.17, 15) is 9.90 Å². The molecule has 1 N–H and O–H groups in total. The van der Waals surface area contributed by atoms with E-state index in [1.54, 1.807) is 0 Å². The highest BCUT2D eigenvalue weighted by Crippen LogP contribution is 2.44. The summed E-state index contributed by atoms with van der Waals surface area (Å²) in [5, 5.41) is 16.6. The average molecular weight is 598 g/mol. The van der Waals surface area contributed by atoms with Gasteiger partial charge in [-0.1, -0.05) is 42.5 Å². The van der Waals surface area contributed by atoms with E-state index in [2.05, 4.69) is 37.3 Å². The first-order valence-electron chi connectivity index (χ1n) is 15.2. The Balaban J connectivity index is 1.51. The number of nitrogens with zero attached hydrogens (tertiary/aromatic N) is 3. The van der Waals surface area contributed by atoms with Gasteiger partial charge in [0.25, 0.3) is 0 Å². The van der Waals surface area contributed by atoms with Gasteiger partial charge in [-0.15, -0.1) is 0 Å². The van der Waals surface area contributed by atoms with Crippen LogP contribution >= 0.6 is 0 Å². The standard InChI is InChI=1S/C38H35N3O4/c1-22-9-6-7-12-27(22)25-10-8-11-26(19-25)29-20-30-34(28-13-14-31-33-24(16-18-44-31)15-17-39-35(28)33)32(23(2)21-41(30)40-29)36(37(42)43)45-38(3,4)5/h6-15,17,19-21,36H,16,18H2,1-5H3,(H,42,43)/t36-/m0/s1. The highest BCUT2D eigenvalue weighted by Gasteiger charge is 2.33. The van der Waals surface area contributed by atoms with Crippen LogP contribution in [0.1, 0.15) is 49.1 Å². The third kappa shape index (κ3) is 5.13. The van der Waals surface area contributed by atoms with Crippen LogP contribution in [0.25, 0.3) is 49.9 Å². The van der Waals surface area contributed by atoms with Gasteiger partial charge in [0.2, 0.25) is 0 Å². The number of aliphatic carboxylic acids is 1. The van der Waals surface area contributed by atoms with Crippen molar-refractivity contribution >= 4 is 22.4 Å². The fourth-order valence-corrected chi connectivity index (χ4v) is 6.46. The molecule has 0 saturated carbocycles. The van der Waals surface area contributed by atoms with Gasteiger partial charge in [-0.2, -0.15) is 5.10 Å². The lowest BCUT2D eigenvalue weighted by atomic mass is 9.89. The normalized spacial score (nSPS) is 13.6. The van der Waals surface area contributed by atoms with Crippen LogP contribution in [0.2, 0.25) is 0 Å². The van der Waals surface area contributed by atoms with Gasteiger partial charge < -0.3 is 14.6 Å². The fraction of sp³-hybridized carbons (Fsp3) is 0.237. The second-order valence-corrected chi connectivity index (χ2v) is 12.7. The maximum atomic E-state index is 12.9. The minimum absolute atomic E-state index is 0.587. The molecular formula is C38H35N3O4. The Hall–Kier alpha value is -5.01. The summed E-state index contributed by atoms with van der Waals surface area (Å²) >= 11 is 0. The monoisotopic (exact) mass is 597 g/mol. The van der Waals surface area contributed by atoms with Crippen molar-refractivity contribution in [3.63, 3.8) is 0 Å². The van der Waals surface area contributed by atoms with E-state index < -0.39 is 17.7 Å². The first-order chi connectivity index (χ1) is 21.6. The van der Waals surface area contributed by atoms with E-state index in [0.29, 0.717) is 12.2 Å². The molecular weight excluding hydrogens is 562 g/mol. The number of carboxylic acid groups (broad SMARTS) is 1. The molecule has 1 atom stereocenters. The van der Waals surface area contributed by atoms with Crippen molar-refractivity contribution in [3.05, 3.63) is 107 Å². The largest absolute Gasteiger partial charge is 0.493 e. The third-order valence-corrected chi connectivity index (χ3v) is 8.41. The van der Waals surface area contributed by atoms with E-state index in [0.717, 1.165) is 67.7 Å². The molecule has 0 radical (unpaired) electrons. The Bertz CT molecular complexity index is 2110. The zero-order valence-corrected chi connectivity index (χ0v) is 26.1. The highest BCUT2D eigenvalue weighted by molar-refractivity contribution is 6.04. The summed E-state index contributed by atoms with van der Waals surface area (Å²) in [5.74, 6) is -0.264. The smallest absolute Gasteiger partial charge is 0.337 e. The molecule has 6 aromatic rings.